The van der Waals surface area contributed by atoms with E-state index in [9.17, 15) is 0 Å². The van der Waals surface area contributed by atoms with E-state index in [1.165, 1.54) is 77.0 Å². The smallest absolute Gasteiger partial charge is 0.0594 e. The van der Waals surface area contributed by atoms with Crippen LogP contribution in [0.5, 0.6) is 0 Å². The summed E-state index contributed by atoms with van der Waals surface area (Å²) in [5.74, 6) is 0. The maximum Gasteiger partial charge on any atom is 0.0594 e. The lowest BCUT2D eigenvalue weighted by molar-refractivity contribution is 0.0372. The van der Waals surface area contributed by atoms with Crippen molar-refractivity contribution in [3.8, 4) is 0 Å². The monoisotopic (exact) mass is 513 g/mol. The van der Waals surface area contributed by atoms with Gasteiger partial charge in [0.25, 0.3) is 0 Å². The van der Waals surface area contributed by atoms with Crippen LogP contribution in [0, 0.1) is 0 Å². The number of hydrogen-bond acceptors (Lipinski definition) is 6. The van der Waals surface area contributed by atoms with Gasteiger partial charge in [-0.25, -0.2) is 0 Å². The van der Waals surface area contributed by atoms with Gasteiger partial charge in [-0.2, -0.15) is 0 Å². The predicted octanol–water partition coefficient (Wildman–Crippen LogP) is 5.70. The third kappa shape index (κ3) is 20.8. The van der Waals surface area contributed by atoms with Crippen molar-refractivity contribution >= 4 is 0 Å². The van der Waals surface area contributed by atoms with Gasteiger partial charge in [0.05, 0.1) is 39.6 Å². The van der Waals surface area contributed by atoms with E-state index in [2.05, 4.69) is 35.5 Å². The van der Waals surface area contributed by atoms with Crippen LogP contribution in [-0.4, -0.2) is 113 Å². The maximum absolute atomic E-state index is 6.09. The predicted molar refractivity (Wildman–Crippen MR) is 154 cm³/mol. The van der Waals surface area contributed by atoms with Crippen molar-refractivity contribution in [1.29, 1.82) is 0 Å². The molecule has 1 rings (SSSR count). The molecule has 1 fully saturated rings. The van der Waals surface area contributed by atoms with E-state index in [4.69, 9.17) is 14.2 Å². The van der Waals surface area contributed by atoms with Gasteiger partial charge in [0, 0.05) is 39.3 Å². The molecule has 0 amide bonds. The fourth-order valence-electron chi connectivity index (χ4n) is 4.76. The van der Waals surface area contributed by atoms with Gasteiger partial charge in [-0.15, -0.1) is 0 Å². The van der Waals surface area contributed by atoms with Crippen molar-refractivity contribution in [2.45, 2.75) is 97.8 Å². The second kappa shape index (κ2) is 26.4. The van der Waals surface area contributed by atoms with E-state index in [0.717, 1.165) is 98.5 Å². The third-order valence-corrected chi connectivity index (χ3v) is 7.29. The minimum absolute atomic E-state index is 0.819. The highest BCUT2D eigenvalue weighted by Gasteiger charge is 2.10. The highest BCUT2D eigenvalue weighted by Crippen LogP contribution is 2.05. The average molecular weight is 514 g/mol. The summed E-state index contributed by atoms with van der Waals surface area (Å²) >= 11 is 0. The molecular formula is C30H63N3O3. The Morgan fingerprint density at radius 3 is 0.833 bits per heavy atom. The first-order valence-corrected chi connectivity index (χ1v) is 15.7. The molecule has 0 aromatic rings. The second-order valence-corrected chi connectivity index (χ2v) is 10.5. The molecule has 0 saturated carbocycles. The molecule has 1 saturated heterocycles. The summed E-state index contributed by atoms with van der Waals surface area (Å²) in [5, 5.41) is 0. The highest BCUT2D eigenvalue weighted by atomic mass is 16.5. The molecule has 6 nitrogen and oxygen atoms in total. The summed E-state index contributed by atoms with van der Waals surface area (Å²) < 4.78 is 18.3. The fourth-order valence-corrected chi connectivity index (χ4v) is 4.76. The van der Waals surface area contributed by atoms with Crippen LogP contribution < -0.4 is 0 Å². The van der Waals surface area contributed by atoms with Gasteiger partial charge in [0.1, 0.15) is 0 Å². The lowest BCUT2D eigenvalue weighted by atomic mass is 10.2. The van der Waals surface area contributed by atoms with Crippen molar-refractivity contribution in [2.75, 3.05) is 98.5 Å². The molecule has 0 spiro atoms. The van der Waals surface area contributed by atoms with Crippen molar-refractivity contribution < 1.29 is 14.2 Å². The molecule has 6 heteroatoms. The van der Waals surface area contributed by atoms with Crippen molar-refractivity contribution in [2.24, 2.45) is 0 Å². The van der Waals surface area contributed by atoms with Crippen LogP contribution in [0.4, 0.5) is 0 Å². The molecular weight excluding hydrogens is 450 g/mol. The van der Waals surface area contributed by atoms with Gasteiger partial charge in [0.15, 0.2) is 0 Å². The zero-order valence-corrected chi connectivity index (χ0v) is 24.7. The molecule has 0 aliphatic carbocycles. The number of ether oxygens (including phenoxy) is 3. The molecule has 216 valence electrons. The van der Waals surface area contributed by atoms with Crippen LogP contribution in [0.25, 0.3) is 0 Å². The fraction of sp³-hybridized carbons (Fsp3) is 1.00. The lowest BCUT2D eigenvalue weighted by Gasteiger charge is -2.26. The molecule has 0 N–H and O–H groups in total. The Kier molecular flexibility index (Phi) is 24.8. The molecule has 0 radical (unpaired) electrons. The van der Waals surface area contributed by atoms with Crippen molar-refractivity contribution in [1.82, 2.24) is 14.7 Å². The van der Waals surface area contributed by atoms with Crippen molar-refractivity contribution in [3.63, 3.8) is 0 Å². The first-order valence-electron chi connectivity index (χ1n) is 15.7. The Morgan fingerprint density at radius 1 is 0.361 bits per heavy atom. The molecule has 0 aromatic heterocycles. The highest BCUT2D eigenvalue weighted by molar-refractivity contribution is 4.63. The average Bonchev–Trinajstić information content (AvgIpc) is 2.88. The molecule has 0 unspecified atom stereocenters. The molecule has 1 heterocycles. The number of hydrogen-bond donors (Lipinski definition) is 0. The Morgan fingerprint density at radius 2 is 0.611 bits per heavy atom. The first-order chi connectivity index (χ1) is 17.8. The summed E-state index contributed by atoms with van der Waals surface area (Å²) in [6, 6.07) is 0. The standard InChI is InChI=1S/C30H63N3O3/c1-4-7-10-13-16-31-19-25-34-27-21-32(17-14-11-8-5-2)23-29-36-30-24-33(18-15-12-9-6-3)22-28-35-26-20-31/h4-30H2,1-3H3. The van der Waals surface area contributed by atoms with Gasteiger partial charge in [0.2, 0.25) is 0 Å². The largest absolute Gasteiger partial charge is 0.379 e. The van der Waals surface area contributed by atoms with Crippen molar-refractivity contribution in [3.05, 3.63) is 0 Å². The number of unbranched alkanes of at least 4 members (excludes halogenated alkanes) is 9. The summed E-state index contributed by atoms with van der Waals surface area (Å²) in [7, 11) is 0. The van der Waals surface area contributed by atoms with Gasteiger partial charge >= 0.3 is 0 Å². The van der Waals surface area contributed by atoms with Gasteiger partial charge in [-0.05, 0) is 38.9 Å². The molecule has 1 aliphatic heterocycles. The van der Waals surface area contributed by atoms with E-state index in [1.807, 2.05) is 0 Å². The van der Waals surface area contributed by atoms with Gasteiger partial charge in [-0.1, -0.05) is 78.6 Å². The summed E-state index contributed by atoms with van der Waals surface area (Å²) in [4.78, 5) is 7.66. The van der Waals surface area contributed by atoms with E-state index in [1.54, 1.807) is 0 Å². The topological polar surface area (TPSA) is 37.4 Å². The molecule has 0 atom stereocenters. The minimum atomic E-state index is 0.819. The number of rotatable bonds is 15. The summed E-state index contributed by atoms with van der Waals surface area (Å²) in [6.45, 7) is 21.3. The van der Waals surface area contributed by atoms with Gasteiger partial charge < -0.3 is 14.2 Å². The first kappa shape index (κ1) is 33.8. The van der Waals surface area contributed by atoms with E-state index < -0.39 is 0 Å². The van der Waals surface area contributed by atoms with Crippen LogP contribution >= 0.6 is 0 Å². The normalized spacial score (nSPS) is 19.8. The van der Waals surface area contributed by atoms with E-state index in [-0.39, 0.29) is 0 Å². The molecule has 0 bridgehead atoms. The maximum atomic E-state index is 6.09. The quantitative estimate of drug-likeness (QED) is 0.262. The van der Waals surface area contributed by atoms with Crippen LogP contribution in [0.15, 0.2) is 0 Å². The Hall–Kier alpha value is -0.240. The SMILES string of the molecule is CCCCCCN1CCOCCN(CCCCCC)CCOCCN(CCCCCC)CCOCC1. The lowest BCUT2D eigenvalue weighted by Crippen LogP contribution is -2.36. The van der Waals surface area contributed by atoms with E-state index in [0.29, 0.717) is 0 Å². The van der Waals surface area contributed by atoms with Gasteiger partial charge in [-0.3, -0.25) is 14.7 Å². The Bertz CT molecular complexity index is 362. The number of nitrogens with zero attached hydrogens (tertiary/aromatic N) is 3. The Balaban J connectivity index is 2.56. The minimum Gasteiger partial charge on any atom is -0.379 e. The second-order valence-electron chi connectivity index (χ2n) is 10.5. The molecule has 1 aliphatic rings. The van der Waals surface area contributed by atoms with E-state index >= 15 is 0 Å². The summed E-state index contributed by atoms with van der Waals surface area (Å²) in [5.41, 5.74) is 0. The summed E-state index contributed by atoms with van der Waals surface area (Å²) in [6.07, 6.45) is 15.7. The van der Waals surface area contributed by atoms with Crippen LogP contribution in [0.1, 0.15) is 97.8 Å². The molecule has 0 aromatic carbocycles. The zero-order valence-electron chi connectivity index (χ0n) is 24.7. The zero-order chi connectivity index (χ0) is 25.9. The Labute approximate surface area is 225 Å². The van der Waals surface area contributed by atoms with Crippen LogP contribution in [0.3, 0.4) is 0 Å². The van der Waals surface area contributed by atoms with Crippen LogP contribution in [-0.2, 0) is 14.2 Å². The molecule has 36 heavy (non-hydrogen) atoms. The van der Waals surface area contributed by atoms with Crippen LogP contribution in [0.2, 0.25) is 0 Å². The third-order valence-electron chi connectivity index (χ3n) is 7.29.